The van der Waals surface area contributed by atoms with Crippen molar-refractivity contribution in [3.63, 3.8) is 0 Å². The highest BCUT2D eigenvalue weighted by atomic mass is 35.5. The van der Waals surface area contributed by atoms with Crippen LogP contribution >= 0.6 is 11.6 Å². The lowest BCUT2D eigenvalue weighted by atomic mass is 10.0. The van der Waals surface area contributed by atoms with Crippen LogP contribution in [0.4, 0.5) is 8.78 Å². The first-order valence-corrected chi connectivity index (χ1v) is 8.76. The normalized spacial score (nSPS) is 10.9. The van der Waals surface area contributed by atoms with Crippen molar-refractivity contribution < 1.29 is 18.7 Å². The van der Waals surface area contributed by atoms with E-state index in [0.717, 1.165) is 12.1 Å². The van der Waals surface area contributed by atoms with Gasteiger partial charge in [-0.2, -0.15) is 0 Å². The van der Waals surface area contributed by atoms with Gasteiger partial charge in [0.1, 0.15) is 10.7 Å². The number of rotatable bonds is 5. The van der Waals surface area contributed by atoms with E-state index < -0.39 is 28.6 Å². The lowest BCUT2D eigenvalue weighted by Crippen LogP contribution is -2.23. The molecule has 28 heavy (non-hydrogen) atoms. The Morgan fingerprint density at radius 1 is 1.18 bits per heavy atom. The average molecular weight is 405 g/mol. The topological polar surface area (TPSA) is 72.2 Å². The van der Waals surface area contributed by atoms with Crippen LogP contribution in [0.2, 0.25) is 5.15 Å². The highest BCUT2D eigenvalue weighted by Gasteiger charge is 2.22. The molecule has 0 spiro atoms. The quantitative estimate of drug-likeness (QED) is 0.648. The fraction of sp³-hybridized carbons (Fsp3) is 0.150. The van der Waals surface area contributed by atoms with Gasteiger partial charge >= 0.3 is 5.97 Å². The number of halogens is 3. The number of carbonyl (C=O) groups is 1. The molecule has 1 aromatic carbocycles. The summed E-state index contributed by atoms with van der Waals surface area (Å²) in [4.78, 5) is 28.5. The van der Waals surface area contributed by atoms with Crippen molar-refractivity contribution in [2.75, 3.05) is 0 Å². The summed E-state index contributed by atoms with van der Waals surface area (Å²) >= 11 is 5.91. The molecule has 0 aliphatic heterocycles. The minimum atomic E-state index is -1.45. The third kappa shape index (κ3) is 3.80. The first kappa shape index (κ1) is 19.7. The van der Waals surface area contributed by atoms with Gasteiger partial charge in [0, 0.05) is 36.0 Å². The van der Waals surface area contributed by atoms with Gasteiger partial charge < -0.3 is 9.67 Å². The number of carboxylic acids is 1. The van der Waals surface area contributed by atoms with Gasteiger partial charge in [0.15, 0.2) is 17.1 Å². The maximum atomic E-state index is 13.8. The predicted molar refractivity (Wildman–Crippen MR) is 101 cm³/mol. The van der Waals surface area contributed by atoms with Crippen molar-refractivity contribution in [2.24, 2.45) is 0 Å². The lowest BCUT2D eigenvalue weighted by Gasteiger charge is -2.19. The van der Waals surface area contributed by atoms with E-state index in [1.54, 1.807) is 29.7 Å². The molecule has 3 rings (SSSR count). The van der Waals surface area contributed by atoms with Crippen molar-refractivity contribution in [3.8, 4) is 11.3 Å². The monoisotopic (exact) mass is 404 g/mol. The van der Waals surface area contributed by atoms with E-state index in [9.17, 15) is 23.5 Å². The van der Waals surface area contributed by atoms with Gasteiger partial charge in [-0.1, -0.05) is 17.7 Å². The van der Waals surface area contributed by atoms with E-state index in [4.69, 9.17) is 11.6 Å². The zero-order valence-electron chi connectivity index (χ0n) is 14.7. The molecule has 0 unspecified atom stereocenters. The van der Waals surface area contributed by atoms with Crippen LogP contribution < -0.4 is 5.43 Å². The smallest absolute Gasteiger partial charge is 0.341 e. The second kappa shape index (κ2) is 7.90. The molecule has 3 aromatic rings. The summed E-state index contributed by atoms with van der Waals surface area (Å²) in [7, 11) is 0. The van der Waals surface area contributed by atoms with Crippen molar-refractivity contribution >= 4 is 17.6 Å². The molecule has 0 bridgehead atoms. The Bertz CT molecular complexity index is 1130. The summed E-state index contributed by atoms with van der Waals surface area (Å²) in [6.45, 7) is 2.05. The third-order valence-corrected chi connectivity index (χ3v) is 4.47. The van der Waals surface area contributed by atoms with Gasteiger partial charge in [-0.05, 0) is 37.3 Å². The van der Waals surface area contributed by atoms with E-state index in [1.807, 2.05) is 0 Å². The molecule has 5 nitrogen and oxygen atoms in total. The minimum absolute atomic E-state index is 0.0124. The molecule has 0 aliphatic carbocycles. The largest absolute Gasteiger partial charge is 0.477 e. The molecule has 0 atom stereocenters. The van der Waals surface area contributed by atoms with Gasteiger partial charge in [0.2, 0.25) is 0 Å². The highest BCUT2D eigenvalue weighted by molar-refractivity contribution is 6.29. The number of benzene rings is 1. The van der Waals surface area contributed by atoms with Gasteiger partial charge in [-0.3, -0.25) is 4.79 Å². The molecule has 0 radical (unpaired) electrons. The summed E-state index contributed by atoms with van der Waals surface area (Å²) < 4.78 is 28.7. The van der Waals surface area contributed by atoms with Crippen LogP contribution in [0, 0.1) is 11.6 Å². The van der Waals surface area contributed by atoms with Gasteiger partial charge in [0.05, 0.1) is 5.69 Å². The Labute approximate surface area is 163 Å². The van der Waals surface area contributed by atoms with Crippen LogP contribution in [0.15, 0.2) is 47.3 Å². The summed E-state index contributed by atoms with van der Waals surface area (Å²) in [6, 6.07) is 9.28. The van der Waals surface area contributed by atoms with Crippen LogP contribution in [-0.4, -0.2) is 20.6 Å². The maximum Gasteiger partial charge on any atom is 0.341 e. The van der Waals surface area contributed by atoms with E-state index in [1.165, 1.54) is 12.1 Å². The fourth-order valence-electron chi connectivity index (χ4n) is 3.09. The Hall–Kier alpha value is -3.06. The van der Waals surface area contributed by atoms with Crippen molar-refractivity contribution in [1.29, 1.82) is 0 Å². The first-order chi connectivity index (χ1) is 13.3. The van der Waals surface area contributed by atoms with Crippen LogP contribution in [0.5, 0.6) is 0 Å². The number of hydrogen-bond acceptors (Lipinski definition) is 3. The zero-order chi connectivity index (χ0) is 20.4. The number of aromatic carboxylic acids is 1. The number of nitrogens with zero attached hydrogens (tertiary/aromatic N) is 2. The summed E-state index contributed by atoms with van der Waals surface area (Å²) in [5, 5.41) is 9.84. The molecular weight excluding hydrogens is 390 g/mol. The fourth-order valence-corrected chi connectivity index (χ4v) is 3.27. The summed E-state index contributed by atoms with van der Waals surface area (Å²) in [5.41, 5.74) is -0.0698. The standard InChI is InChI=1S/C20H15ClF2N2O3/c1-2-25-13(9-12-4-3-5-17(21)24-12)10-16(26)18(20(27)28)19(25)11-6-7-14(22)15(23)8-11/h3-8,10H,2,9H2,1H3,(H,27,28). The van der Waals surface area contributed by atoms with Gasteiger partial charge in [-0.15, -0.1) is 0 Å². The van der Waals surface area contributed by atoms with E-state index in [-0.39, 0.29) is 22.8 Å². The second-order valence-corrected chi connectivity index (χ2v) is 6.42. The summed E-state index contributed by atoms with van der Waals surface area (Å²) in [5.74, 6) is -3.64. The van der Waals surface area contributed by atoms with Crippen LogP contribution in [0.25, 0.3) is 11.3 Å². The molecule has 0 saturated carbocycles. The molecule has 2 heterocycles. The number of carboxylic acid groups (broad SMARTS) is 1. The van der Waals surface area contributed by atoms with Gasteiger partial charge in [0.25, 0.3) is 0 Å². The maximum absolute atomic E-state index is 13.8. The third-order valence-electron chi connectivity index (χ3n) is 4.26. The number of pyridine rings is 2. The van der Waals surface area contributed by atoms with Crippen LogP contribution in [0.1, 0.15) is 28.7 Å². The van der Waals surface area contributed by atoms with Crippen molar-refractivity contribution in [3.05, 3.63) is 86.4 Å². The first-order valence-electron chi connectivity index (χ1n) is 8.38. The highest BCUT2D eigenvalue weighted by Crippen LogP contribution is 2.26. The molecule has 0 saturated heterocycles. The number of hydrogen-bond donors (Lipinski definition) is 1. The Kier molecular flexibility index (Phi) is 5.56. The molecule has 0 fully saturated rings. The Morgan fingerprint density at radius 3 is 2.54 bits per heavy atom. The molecule has 144 valence electrons. The predicted octanol–water partition coefficient (Wildman–Crippen LogP) is 4.15. The van der Waals surface area contributed by atoms with E-state index in [0.29, 0.717) is 17.9 Å². The van der Waals surface area contributed by atoms with E-state index >= 15 is 0 Å². The lowest BCUT2D eigenvalue weighted by molar-refractivity contribution is 0.0695. The van der Waals surface area contributed by atoms with Gasteiger partial charge in [-0.25, -0.2) is 18.6 Å². The Balaban J connectivity index is 2.28. The van der Waals surface area contributed by atoms with E-state index in [2.05, 4.69) is 4.98 Å². The van der Waals surface area contributed by atoms with Crippen molar-refractivity contribution in [1.82, 2.24) is 9.55 Å². The molecule has 8 heteroatoms. The molecule has 0 aliphatic rings. The molecule has 2 aromatic heterocycles. The SMILES string of the molecule is CCn1c(Cc2cccc(Cl)n2)cc(=O)c(C(=O)O)c1-c1ccc(F)c(F)c1. The second-order valence-electron chi connectivity index (χ2n) is 6.03. The molecular formula is C20H15ClF2N2O3. The Morgan fingerprint density at radius 2 is 1.93 bits per heavy atom. The summed E-state index contributed by atoms with van der Waals surface area (Å²) in [6.07, 6.45) is 0.209. The van der Waals surface area contributed by atoms with Crippen molar-refractivity contribution in [2.45, 2.75) is 19.9 Å². The van der Waals surface area contributed by atoms with Crippen LogP contribution in [-0.2, 0) is 13.0 Å². The molecule has 0 amide bonds. The average Bonchev–Trinajstić information content (AvgIpc) is 2.63. The number of aromatic nitrogens is 2. The van der Waals surface area contributed by atoms with Crippen LogP contribution in [0.3, 0.4) is 0 Å². The zero-order valence-corrected chi connectivity index (χ0v) is 15.5. The minimum Gasteiger partial charge on any atom is -0.477 e. The molecule has 1 N–H and O–H groups in total.